The zero-order valence-corrected chi connectivity index (χ0v) is 24.5. The van der Waals surface area contributed by atoms with Crippen molar-refractivity contribution in [2.45, 2.75) is 84.2 Å². The minimum absolute atomic E-state index is 0.0158. The lowest BCUT2D eigenvalue weighted by Crippen LogP contribution is -2.50. The highest BCUT2D eigenvalue weighted by Crippen LogP contribution is 2.24. The normalized spacial score (nSPS) is 15.7. The van der Waals surface area contributed by atoms with Crippen molar-refractivity contribution in [3.8, 4) is 0 Å². The number of hydrogen-bond donors (Lipinski definition) is 3. The average Bonchev–Trinajstić information content (AvgIpc) is 3.49. The molecule has 7 nitrogen and oxygen atoms in total. The van der Waals surface area contributed by atoms with Crippen LogP contribution in [0, 0.1) is 11.8 Å². The molecule has 3 amide bonds. The van der Waals surface area contributed by atoms with Gasteiger partial charge in [0.2, 0.25) is 5.91 Å². The summed E-state index contributed by atoms with van der Waals surface area (Å²) in [6.45, 7) is 8.10. The molecule has 3 atom stereocenters. The van der Waals surface area contributed by atoms with E-state index >= 15 is 0 Å². The Kier molecular flexibility index (Phi) is 12.7. The highest BCUT2D eigenvalue weighted by atomic mass is 16.2. The summed E-state index contributed by atoms with van der Waals surface area (Å²) in [7, 11) is 0. The number of benzene rings is 2. The van der Waals surface area contributed by atoms with Gasteiger partial charge in [0.15, 0.2) is 0 Å². The highest BCUT2D eigenvalue weighted by Gasteiger charge is 2.26. The number of nitrogens with zero attached hydrogens (tertiary/aromatic N) is 1. The Balaban J connectivity index is 1.70. The van der Waals surface area contributed by atoms with Gasteiger partial charge in [-0.3, -0.25) is 14.4 Å². The topological polar surface area (TPSA) is 105 Å². The number of amides is 3. The van der Waals surface area contributed by atoms with E-state index in [4.69, 9.17) is 5.73 Å². The summed E-state index contributed by atoms with van der Waals surface area (Å²) in [5.41, 5.74) is 8.66. The maximum Gasteiger partial charge on any atom is 0.253 e. The molecule has 0 aliphatic heterocycles. The van der Waals surface area contributed by atoms with Crippen molar-refractivity contribution in [1.29, 1.82) is 0 Å². The molecular formula is C33H48N4O3. The van der Waals surface area contributed by atoms with E-state index in [1.54, 1.807) is 24.3 Å². The van der Waals surface area contributed by atoms with Crippen molar-refractivity contribution in [2.24, 2.45) is 17.6 Å². The lowest BCUT2D eigenvalue weighted by Gasteiger charge is -2.27. The van der Waals surface area contributed by atoms with Gasteiger partial charge in [-0.15, -0.1) is 0 Å². The van der Waals surface area contributed by atoms with Crippen LogP contribution in [0.4, 0.5) is 0 Å². The van der Waals surface area contributed by atoms with E-state index in [0.29, 0.717) is 43.0 Å². The molecule has 1 fully saturated rings. The number of nitrogens with one attached hydrogen (secondary N) is 2. The maximum atomic E-state index is 13.4. The first kappa shape index (κ1) is 31.3. The SMILES string of the molecule is CCCN(CCC)C(=O)c1cccc(C(=O)N[C@@H](Cc2ccccc2)[C@@H](N)C[C@@H](C)C(=O)NCC2CCCC2)c1. The van der Waals surface area contributed by atoms with E-state index in [-0.39, 0.29) is 29.7 Å². The molecule has 1 aliphatic carbocycles. The zero-order chi connectivity index (χ0) is 28.9. The summed E-state index contributed by atoms with van der Waals surface area (Å²) in [6, 6.07) is 16.0. The van der Waals surface area contributed by atoms with Gasteiger partial charge >= 0.3 is 0 Å². The molecule has 1 saturated carbocycles. The molecule has 0 unspecified atom stereocenters. The second-order valence-electron chi connectivity index (χ2n) is 11.3. The van der Waals surface area contributed by atoms with Gasteiger partial charge in [-0.2, -0.15) is 0 Å². The molecule has 0 radical (unpaired) electrons. The van der Waals surface area contributed by atoms with Gasteiger partial charge in [-0.25, -0.2) is 0 Å². The van der Waals surface area contributed by atoms with Gasteiger partial charge in [0.25, 0.3) is 11.8 Å². The summed E-state index contributed by atoms with van der Waals surface area (Å²) < 4.78 is 0. The lowest BCUT2D eigenvalue weighted by atomic mass is 9.91. The molecule has 0 heterocycles. The monoisotopic (exact) mass is 548 g/mol. The molecule has 40 heavy (non-hydrogen) atoms. The number of rotatable bonds is 15. The van der Waals surface area contributed by atoms with Crippen LogP contribution in [0.3, 0.4) is 0 Å². The summed E-state index contributed by atoms with van der Waals surface area (Å²) in [5.74, 6) is -0.0125. The molecule has 0 spiro atoms. The Morgan fingerprint density at radius 2 is 1.60 bits per heavy atom. The van der Waals surface area contributed by atoms with E-state index in [9.17, 15) is 14.4 Å². The molecule has 0 saturated heterocycles. The van der Waals surface area contributed by atoms with Gasteiger partial charge < -0.3 is 21.3 Å². The van der Waals surface area contributed by atoms with Crippen LogP contribution < -0.4 is 16.4 Å². The standard InChI is InChI=1S/C33H48N4O3/c1-4-18-37(19-5-2)33(40)28-17-11-16-27(22-28)32(39)36-30(21-25-12-7-6-8-13-25)29(34)20-24(3)31(38)35-23-26-14-9-10-15-26/h6-8,11-13,16-17,22,24,26,29-30H,4-5,9-10,14-15,18-21,23,34H2,1-3H3,(H,35,38)(H,36,39)/t24-,29+,30+/m1/s1. The third-order valence-corrected chi connectivity index (χ3v) is 7.89. The van der Waals surface area contributed by atoms with Crippen LogP contribution in [-0.4, -0.2) is 54.3 Å². The number of nitrogens with two attached hydrogens (primary N) is 1. The number of carbonyl (C=O) groups excluding carboxylic acids is 3. The lowest BCUT2D eigenvalue weighted by molar-refractivity contribution is -0.125. The molecule has 218 valence electrons. The first-order valence-corrected chi connectivity index (χ1v) is 15.1. The fraction of sp³-hybridized carbons (Fsp3) is 0.545. The first-order valence-electron chi connectivity index (χ1n) is 15.1. The van der Waals surface area contributed by atoms with Gasteiger partial charge in [0, 0.05) is 48.8 Å². The molecule has 0 aromatic heterocycles. The van der Waals surface area contributed by atoms with E-state index in [2.05, 4.69) is 24.5 Å². The van der Waals surface area contributed by atoms with Crippen LogP contribution in [-0.2, 0) is 11.2 Å². The summed E-state index contributed by atoms with van der Waals surface area (Å²) in [5, 5.41) is 6.24. The van der Waals surface area contributed by atoms with Crippen LogP contribution in [0.5, 0.6) is 0 Å². The smallest absolute Gasteiger partial charge is 0.253 e. The second-order valence-corrected chi connectivity index (χ2v) is 11.3. The largest absolute Gasteiger partial charge is 0.356 e. The fourth-order valence-electron chi connectivity index (χ4n) is 5.57. The van der Waals surface area contributed by atoms with Crippen molar-refractivity contribution in [3.05, 3.63) is 71.3 Å². The molecule has 7 heteroatoms. The Bertz CT molecular complexity index is 1080. The van der Waals surface area contributed by atoms with Crippen LogP contribution in [0.1, 0.15) is 92.0 Å². The summed E-state index contributed by atoms with van der Waals surface area (Å²) in [6.07, 6.45) is 7.61. The average molecular weight is 549 g/mol. The minimum Gasteiger partial charge on any atom is -0.356 e. The van der Waals surface area contributed by atoms with E-state index in [0.717, 1.165) is 24.9 Å². The molecular weight excluding hydrogens is 500 g/mol. The Morgan fingerprint density at radius 3 is 2.25 bits per heavy atom. The Labute approximate surface area is 240 Å². The predicted octanol–water partition coefficient (Wildman–Crippen LogP) is 4.95. The molecule has 1 aliphatic rings. The van der Waals surface area contributed by atoms with E-state index in [1.807, 2.05) is 42.2 Å². The predicted molar refractivity (Wildman–Crippen MR) is 161 cm³/mol. The van der Waals surface area contributed by atoms with Crippen molar-refractivity contribution < 1.29 is 14.4 Å². The molecule has 2 aromatic rings. The van der Waals surface area contributed by atoms with Crippen molar-refractivity contribution in [1.82, 2.24) is 15.5 Å². The summed E-state index contributed by atoms with van der Waals surface area (Å²) >= 11 is 0. The van der Waals surface area contributed by atoms with Crippen LogP contribution >= 0.6 is 0 Å². The quantitative estimate of drug-likeness (QED) is 0.293. The Hall–Kier alpha value is -3.19. The van der Waals surface area contributed by atoms with E-state index < -0.39 is 6.04 Å². The van der Waals surface area contributed by atoms with Crippen LogP contribution in [0.15, 0.2) is 54.6 Å². The van der Waals surface area contributed by atoms with Gasteiger partial charge in [0.1, 0.15) is 0 Å². The minimum atomic E-state index is -0.425. The first-order chi connectivity index (χ1) is 19.3. The maximum absolute atomic E-state index is 13.4. The highest BCUT2D eigenvalue weighted by molar-refractivity contribution is 5.99. The Morgan fingerprint density at radius 1 is 0.950 bits per heavy atom. The molecule has 3 rings (SSSR count). The van der Waals surface area contributed by atoms with Gasteiger partial charge in [-0.1, -0.05) is 70.0 Å². The van der Waals surface area contributed by atoms with Gasteiger partial charge in [-0.05, 0) is 68.2 Å². The fourth-order valence-corrected chi connectivity index (χ4v) is 5.57. The third kappa shape index (κ3) is 9.47. The summed E-state index contributed by atoms with van der Waals surface area (Å²) in [4.78, 5) is 41.2. The second kappa shape index (κ2) is 16.2. The van der Waals surface area contributed by atoms with E-state index in [1.165, 1.54) is 25.7 Å². The van der Waals surface area contributed by atoms with Crippen LogP contribution in [0.2, 0.25) is 0 Å². The van der Waals surface area contributed by atoms with Crippen LogP contribution in [0.25, 0.3) is 0 Å². The van der Waals surface area contributed by atoms with Crippen molar-refractivity contribution in [2.75, 3.05) is 19.6 Å². The molecule has 4 N–H and O–H groups in total. The number of hydrogen-bond acceptors (Lipinski definition) is 4. The van der Waals surface area contributed by atoms with Gasteiger partial charge in [0.05, 0.1) is 0 Å². The zero-order valence-electron chi connectivity index (χ0n) is 24.5. The van der Waals surface area contributed by atoms with Crippen molar-refractivity contribution >= 4 is 17.7 Å². The van der Waals surface area contributed by atoms with Crippen molar-refractivity contribution in [3.63, 3.8) is 0 Å². The third-order valence-electron chi connectivity index (χ3n) is 7.89. The molecule has 2 aromatic carbocycles. The molecule has 0 bridgehead atoms. The number of carbonyl (C=O) groups is 3.